The van der Waals surface area contributed by atoms with E-state index in [0.717, 1.165) is 5.76 Å². The standard InChI is InChI=1S/C11H12N2O2/c1-7-6-9(8(2)15-7)11(14)10-4-5-13(3)12-10/h4-6H,1-3H3. The molecule has 2 aromatic rings. The summed E-state index contributed by atoms with van der Waals surface area (Å²) < 4.78 is 6.92. The lowest BCUT2D eigenvalue weighted by molar-refractivity contribution is 0.103. The maximum absolute atomic E-state index is 12.0. The Kier molecular flexibility index (Phi) is 2.19. The van der Waals surface area contributed by atoms with Gasteiger partial charge in [-0.1, -0.05) is 0 Å². The molecule has 0 aliphatic rings. The average Bonchev–Trinajstić information content (AvgIpc) is 2.71. The predicted octanol–water partition coefficient (Wildman–Crippen LogP) is 1.86. The van der Waals surface area contributed by atoms with E-state index >= 15 is 0 Å². The van der Waals surface area contributed by atoms with Crippen LogP contribution in [0.3, 0.4) is 0 Å². The lowest BCUT2D eigenvalue weighted by atomic mass is 10.1. The van der Waals surface area contributed by atoms with Crippen LogP contribution in [-0.2, 0) is 7.05 Å². The first-order valence-corrected chi connectivity index (χ1v) is 4.69. The monoisotopic (exact) mass is 204 g/mol. The van der Waals surface area contributed by atoms with E-state index in [9.17, 15) is 4.79 Å². The second-order valence-corrected chi connectivity index (χ2v) is 3.53. The van der Waals surface area contributed by atoms with Crippen LogP contribution in [0.1, 0.15) is 27.6 Å². The minimum atomic E-state index is -0.0926. The minimum absolute atomic E-state index is 0.0926. The van der Waals surface area contributed by atoms with E-state index in [1.807, 2.05) is 6.92 Å². The third-order valence-corrected chi connectivity index (χ3v) is 2.23. The van der Waals surface area contributed by atoms with Gasteiger partial charge >= 0.3 is 0 Å². The smallest absolute Gasteiger partial charge is 0.216 e. The molecule has 0 fully saturated rings. The van der Waals surface area contributed by atoms with Gasteiger partial charge in [0.25, 0.3) is 0 Å². The van der Waals surface area contributed by atoms with Crippen LogP contribution in [0.2, 0.25) is 0 Å². The van der Waals surface area contributed by atoms with Crippen LogP contribution in [0, 0.1) is 13.8 Å². The van der Waals surface area contributed by atoms with Crippen LogP contribution in [-0.4, -0.2) is 15.6 Å². The number of rotatable bonds is 2. The lowest BCUT2D eigenvalue weighted by Gasteiger charge is -1.93. The number of nitrogens with zero attached hydrogens (tertiary/aromatic N) is 2. The molecule has 0 saturated heterocycles. The van der Waals surface area contributed by atoms with Gasteiger partial charge in [-0.3, -0.25) is 9.48 Å². The number of hydrogen-bond acceptors (Lipinski definition) is 3. The minimum Gasteiger partial charge on any atom is -0.466 e. The van der Waals surface area contributed by atoms with E-state index in [2.05, 4.69) is 5.10 Å². The van der Waals surface area contributed by atoms with Gasteiger partial charge < -0.3 is 4.42 Å². The molecule has 4 nitrogen and oxygen atoms in total. The molecule has 0 bridgehead atoms. The molecule has 0 N–H and O–H groups in total. The maximum atomic E-state index is 12.0. The van der Waals surface area contributed by atoms with Crippen molar-refractivity contribution >= 4 is 5.78 Å². The molecule has 0 aliphatic heterocycles. The second-order valence-electron chi connectivity index (χ2n) is 3.53. The lowest BCUT2D eigenvalue weighted by Crippen LogP contribution is -2.03. The van der Waals surface area contributed by atoms with Crippen LogP contribution in [0.15, 0.2) is 22.7 Å². The van der Waals surface area contributed by atoms with E-state index in [1.54, 1.807) is 37.0 Å². The first-order chi connectivity index (χ1) is 7.08. The first-order valence-electron chi connectivity index (χ1n) is 4.69. The van der Waals surface area contributed by atoms with Crippen molar-refractivity contribution in [1.82, 2.24) is 9.78 Å². The van der Waals surface area contributed by atoms with Crippen LogP contribution in [0.4, 0.5) is 0 Å². The van der Waals surface area contributed by atoms with Gasteiger partial charge in [0.1, 0.15) is 17.2 Å². The van der Waals surface area contributed by atoms with Gasteiger partial charge in [0.05, 0.1) is 5.56 Å². The predicted molar refractivity (Wildman–Crippen MR) is 54.8 cm³/mol. The number of aromatic nitrogens is 2. The topological polar surface area (TPSA) is 48.0 Å². The Morgan fingerprint density at radius 1 is 1.47 bits per heavy atom. The Morgan fingerprint density at radius 2 is 2.20 bits per heavy atom. The fraction of sp³-hybridized carbons (Fsp3) is 0.273. The Hall–Kier alpha value is -1.84. The molecular formula is C11H12N2O2. The molecule has 0 spiro atoms. The number of ketones is 1. The highest BCUT2D eigenvalue weighted by Crippen LogP contribution is 2.16. The normalized spacial score (nSPS) is 10.6. The molecule has 0 saturated carbocycles. The first kappa shape index (κ1) is 9.71. The van der Waals surface area contributed by atoms with E-state index in [-0.39, 0.29) is 5.78 Å². The summed E-state index contributed by atoms with van der Waals surface area (Å²) in [7, 11) is 1.78. The largest absolute Gasteiger partial charge is 0.466 e. The van der Waals surface area contributed by atoms with Gasteiger partial charge in [-0.05, 0) is 26.0 Å². The van der Waals surface area contributed by atoms with Crippen LogP contribution in [0.5, 0.6) is 0 Å². The van der Waals surface area contributed by atoms with Crippen LogP contribution >= 0.6 is 0 Å². The molecule has 78 valence electrons. The Morgan fingerprint density at radius 3 is 2.67 bits per heavy atom. The second kappa shape index (κ2) is 3.38. The van der Waals surface area contributed by atoms with Crippen molar-refractivity contribution in [2.45, 2.75) is 13.8 Å². The number of furan rings is 1. The zero-order valence-electron chi connectivity index (χ0n) is 8.94. The summed E-state index contributed by atoms with van der Waals surface area (Å²) in [5, 5.41) is 4.06. The summed E-state index contributed by atoms with van der Waals surface area (Å²) in [4.78, 5) is 12.0. The van der Waals surface area contributed by atoms with E-state index < -0.39 is 0 Å². The zero-order chi connectivity index (χ0) is 11.0. The molecule has 15 heavy (non-hydrogen) atoms. The number of carbonyl (C=O) groups excluding carboxylic acids is 1. The van der Waals surface area contributed by atoms with Crippen molar-refractivity contribution in [1.29, 1.82) is 0 Å². The number of aryl methyl sites for hydroxylation is 3. The van der Waals surface area contributed by atoms with Crippen molar-refractivity contribution in [2.24, 2.45) is 7.05 Å². The third kappa shape index (κ3) is 1.70. The Labute approximate surface area is 87.5 Å². The average molecular weight is 204 g/mol. The molecular weight excluding hydrogens is 192 g/mol. The highest BCUT2D eigenvalue weighted by Gasteiger charge is 2.17. The van der Waals surface area contributed by atoms with Crippen molar-refractivity contribution < 1.29 is 9.21 Å². The summed E-state index contributed by atoms with van der Waals surface area (Å²) in [5.74, 6) is 1.29. The molecule has 0 amide bonds. The van der Waals surface area contributed by atoms with Gasteiger partial charge in [-0.2, -0.15) is 5.10 Å². The number of carbonyl (C=O) groups is 1. The van der Waals surface area contributed by atoms with E-state index in [1.165, 1.54) is 0 Å². The van der Waals surface area contributed by atoms with Crippen LogP contribution < -0.4 is 0 Å². The van der Waals surface area contributed by atoms with Crippen molar-refractivity contribution in [3.8, 4) is 0 Å². The molecule has 2 rings (SSSR count). The molecule has 0 atom stereocenters. The molecule has 4 heteroatoms. The quantitative estimate of drug-likeness (QED) is 0.701. The maximum Gasteiger partial charge on any atom is 0.216 e. The van der Waals surface area contributed by atoms with Gasteiger partial charge in [0.2, 0.25) is 5.78 Å². The van der Waals surface area contributed by atoms with Gasteiger partial charge in [-0.25, -0.2) is 0 Å². The van der Waals surface area contributed by atoms with Crippen molar-refractivity contribution in [2.75, 3.05) is 0 Å². The SMILES string of the molecule is Cc1cc(C(=O)c2ccn(C)n2)c(C)o1. The Balaban J connectivity index is 2.40. The van der Waals surface area contributed by atoms with E-state index in [0.29, 0.717) is 17.0 Å². The fourth-order valence-corrected chi connectivity index (χ4v) is 1.53. The molecule has 2 aromatic heterocycles. The Bertz CT molecular complexity index is 508. The van der Waals surface area contributed by atoms with Crippen molar-refractivity contribution in [3.63, 3.8) is 0 Å². The molecule has 0 aromatic carbocycles. The van der Waals surface area contributed by atoms with Crippen molar-refractivity contribution in [3.05, 3.63) is 41.1 Å². The highest BCUT2D eigenvalue weighted by molar-refractivity contribution is 6.08. The fourth-order valence-electron chi connectivity index (χ4n) is 1.53. The molecule has 0 aliphatic carbocycles. The summed E-state index contributed by atoms with van der Waals surface area (Å²) >= 11 is 0. The highest BCUT2D eigenvalue weighted by atomic mass is 16.3. The molecule has 0 radical (unpaired) electrons. The third-order valence-electron chi connectivity index (χ3n) is 2.23. The summed E-state index contributed by atoms with van der Waals surface area (Å²) in [6.45, 7) is 3.60. The van der Waals surface area contributed by atoms with E-state index in [4.69, 9.17) is 4.42 Å². The molecule has 0 unspecified atom stereocenters. The summed E-state index contributed by atoms with van der Waals surface area (Å²) in [5.41, 5.74) is 1.03. The van der Waals surface area contributed by atoms with Gasteiger partial charge in [-0.15, -0.1) is 0 Å². The van der Waals surface area contributed by atoms with Gasteiger partial charge in [0.15, 0.2) is 0 Å². The number of hydrogen-bond donors (Lipinski definition) is 0. The summed E-state index contributed by atoms with van der Waals surface area (Å²) in [6.07, 6.45) is 1.75. The van der Waals surface area contributed by atoms with Crippen LogP contribution in [0.25, 0.3) is 0 Å². The zero-order valence-corrected chi connectivity index (χ0v) is 8.94. The van der Waals surface area contributed by atoms with Gasteiger partial charge in [0, 0.05) is 13.2 Å². The summed E-state index contributed by atoms with van der Waals surface area (Å²) in [6, 6.07) is 3.44. The molecule has 2 heterocycles.